The Kier molecular flexibility index (Phi) is 5.79. The van der Waals surface area contributed by atoms with E-state index in [-0.39, 0.29) is 11.3 Å². The molecular weight excluding hydrogens is 326 g/mol. The van der Waals surface area contributed by atoms with Crippen LogP contribution >= 0.6 is 0 Å². The Labute approximate surface area is 155 Å². The summed E-state index contributed by atoms with van der Waals surface area (Å²) in [6.45, 7) is 7.32. The van der Waals surface area contributed by atoms with Crippen LogP contribution in [0.3, 0.4) is 0 Å². The number of amides is 1. The second-order valence-corrected chi connectivity index (χ2v) is 7.32. The lowest BCUT2D eigenvalue weighted by atomic mass is 9.79. The van der Waals surface area contributed by atoms with Crippen molar-refractivity contribution in [1.29, 1.82) is 0 Å². The largest absolute Gasteiger partial charge is 0.384 e. The number of para-hydroxylation sites is 1. The highest BCUT2D eigenvalue weighted by Gasteiger charge is 2.32. The summed E-state index contributed by atoms with van der Waals surface area (Å²) in [4.78, 5) is 12.9. The molecule has 0 bridgehead atoms. The van der Waals surface area contributed by atoms with E-state index in [1.807, 2.05) is 38.1 Å². The summed E-state index contributed by atoms with van der Waals surface area (Å²) in [5.41, 5.74) is 3.88. The summed E-state index contributed by atoms with van der Waals surface area (Å²) in [6, 6.07) is 12.1. The first-order valence-electron chi connectivity index (χ1n) is 9.28. The number of carbonyl (C=O) groups is 1. The van der Waals surface area contributed by atoms with Gasteiger partial charge in [0.2, 0.25) is 0 Å². The summed E-state index contributed by atoms with van der Waals surface area (Å²) in [5.74, 6) is -0.00529. The third-order valence-corrected chi connectivity index (χ3v) is 5.43. The van der Waals surface area contributed by atoms with Crippen LogP contribution in [-0.2, 0) is 4.74 Å². The number of piperidine rings is 1. The number of ether oxygens (including phenoxy) is 1. The van der Waals surface area contributed by atoms with E-state index in [0.29, 0.717) is 13.2 Å². The Morgan fingerprint density at radius 2 is 1.92 bits per heavy atom. The maximum Gasteiger partial charge on any atom is 0.253 e. The summed E-state index contributed by atoms with van der Waals surface area (Å²) in [6.07, 6.45) is 2.04. The van der Waals surface area contributed by atoms with Gasteiger partial charge in [0.1, 0.15) is 0 Å². The van der Waals surface area contributed by atoms with Crippen LogP contribution in [-0.4, -0.2) is 43.8 Å². The van der Waals surface area contributed by atoms with Crippen molar-refractivity contribution >= 4 is 5.91 Å². The molecule has 1 aromatic heterocycles. The predicted octanol–water partition coefficient (Wildman–Crippen LogP) is 2.84. The van der Waals surface area contributed by atoms with Crippen molar-refractivity contribution in [3.05, 3.63) is 53.3 Å². The highest BCUT2D eigenvalue weighted by molar-refractivity contribution is 5.96. The fourth-order valence-electron chi connectivity index (χ4n) is 3.97. The first kappa shape index (κ1) is 18.7. The minimum atomic E-state index is -0.00529. The van der Waals surface area contributed by atoms with Gasteiger partial charge in [0.15, 0.2) is 0 Å². The van der Waals surface area contributed by atoms with E-state index in [2.05, 4.69) is 27.3 Å². The normalized spacial score (nSPS) is 16.4. The quantitative estimate of drug-likeness (QED) is 0.838. The average molecular weight is 355 g/mol. The molecule has 5 heteroatoms. The van der Waals surface area contributed by atoms with E-state index < -0.39 is 0 Å². The van der Waals surface area contributed by atoms with E-state index >= 15 is 0 Å². The molecule has 3 rings (SSSR count). The molecule has 0 saturated carbocycles. The lowest BCUT2D eigenvalue weighted by molar-refractivity contribution is 0.0511. The molecule has 2 heterocycles. The zero-order valence-corrected chi connectivity index (χ0v) is 16.0. The molecule has 140 valence electrons. The van der Waals surface area contributed by atoms with Gasteiger partial charge >= 0.3 is 0 Å². The van der Waals surface area contributed by atoms with Gasteiger partial charge in [-0.2, -0.15) is 0 Å². The van der Waals surface area contributed by atoms with Gasteiger partial charge in [-0.3, -0.25) is 4.79 Å². The molecule has 1 aliphatic rings. The molecule has 5 nitrogen and oxygen atoms in total. The van der Waals surface area contributed by atoms with Gasteiger partial charge < -0.3 is 19.9 Å². The van der Waals surface area contributed by atoms with E-state index in [1.54, 1.807) is 7.11 Å². The number of hydrogen-bond donors (Lipinski definition) is 2. The molecule has 1 aliphatic heterocycles. The Bertz CT molecular complexity index is 741. The Hall–Kier alpha value is -2.11. The molecule has 1 amide bonds. The monoisotopic (exact) mass is 355 g/mol. The Morgan fingerprint density at radius 1 is 1.23 bits per heavy atom. The number of aryl methyl sites for hydroxylation is 1. The van der Waals surface area contributed by atoms with Crippen molar-refractivity contribution in [3.63, 3.8) is 0 Å². The minimum Gasteiger partial charge on any atom is -0.384 e. The van der Waals surface area contributed by atoms with E-state index in [0.717, 1.165) is 48.6 Å². The number of methoxy groups -OCH3 is 1. The fraction of sp³-hybridized carbons (Fsp3) is 0.476. The number of benzene rings is 1. The second kappa shape index (κ2) is 8.06. The molecule has 0 atom stereocenters. The summed E-state index contributed by atoms with van der Waals surface area (Å²) < 4.78 is 7.57. The molecule has 0 aliphatic carbocycles. The molecule has 26 heavy (non-hydrogen) atoms. The zero-order valence-electron chi connectivity index (χ0n) is 16.0. The molecule has 0 spiro atoms. The van der Waals surface area contributed by atoms with Gasteiger partial charge in [-0.15, -0.1) is 0 Å². The molecular formula is C21H29N3O2. The number of rotatable bonds is 6. The minimum absolute atomic E-state index is 0.00529. The van der Waals surface area contributed by atoms with Crippen LogP contribution in [0.15, 0.2) is 36.4 Å². The maximum atomic E-state index is 12.9. The van der Waals surface area contributed by atoms with Crippen molar-refractivity contribution in [2.45, 2.75) is 26.7 Å². The van der Waals surface area contributed by atoms with Gasteiger partial charge in [-0.25, -0.2) is 0 Å². The van der Waals surface area contributed by atoms with Crippen molar-refractivity contribution in [2.75, 3.05) is 33.4 Å². The fourth-order valence-corrected chi connectivity index (χ4v) is 3.97. The summed E-state index contributed by atoms with van der Waals surface area (Å²) >= 11 is 0. The average Bonchev–Trinajstić information content (AvgIpc) is 2.96. The van der Waals surface area contributed by atoms with Crippen LogP contribution in [0, 0.1) is 19.3 Å². The van der Waals surface area contributed by atoms with Crippen molar-refractivity contribution < 1.29 is 9.53 Å². The molecule has 1 aromatic carbocycles. The Balaban J connectivity index is 1.76. The third kappa shape index (κ3) is 3.84. The molecule has 0 radical (unpaired) electrons. The number of nitrogens with one attached hydrogen (secondary N) is 2. The molecule has 2 N–H and O–H groups in total. The topological polar surface area (TPSA) is 55.3 Å². The summed E-state index contributed by atoms with van der Waals surface area (Å²) in [5, 5.41) is 6.55. The Morgan fingerprint density at radius 3 is 2.58 bits per heavy atom. The third-order valence-electron chi connectivity index (χ3n) is 5.43. The second-order valence-electron chi connectivity index (χ2n) is 7.32. The van der Waals surface area contributed by atoms with E-state index in [9.17, 15) is 4.79 Å². The van der Waals surface area contributed by atoms with Gasteiger partial charge in [-0.1, -0.05) is 18.2 Å². The summed E-state index contributed by atoms with van der Waals surface area (Å²) in [7, 11) is 1.74. The number of carbonyl (C=O) groups excluding carboxylic acids is 1. The van der Waals surface area contributed by atoms with Crippen LogP contribution < -0.4 is 10.6 Å². The first-order chi connectivity index (χ1) is 12.6. The van der Waals surface area contributed by atoms with Crippen LogP contribution in [0.1, 0.15) is 34.6 Å². The van der Waals surface area contributed by atoms with Gasteiger partial charge in [-0.05, 0) is 58.0 Å². The lowest BCUT2D eigenvalue weighted by Gasteiger charge is -2.37. The standard InChI is InChI=1S/C21H29N3O2/c1-16-13-19(17(2)24(16)18-7-5-4-6-8-18)20(25)23-14-21(15-26-3)9-11-22-12-10-21/h4-8,13,22H,9-12,14-15H2,1-3H3,(H,23,25). The van der Waals surface area contributed by atoms with Crippen LogP contribution in [0.5, 0.6) is 0 Å². The van der Waals surface area contributed by atoms with Crippen LogP contribution in [0.25, 0.3) is 5.69 Å². The van der Waals surface area contributed by atoms with Gasteiger partial charge in [0.05, 0.1) is 12.2 Å². The first-order valence-corrected chi connectivity index (χ1v) is 9.28. The molecule has 2 aromatic rings. The van der Waals surface area contributed by atoms with Gasteiger partial charge in [0, 0.05) is 36.1 Å². The molecule has 1 saturated heterocycles. The van der Waals surface area contributed by atoms with Crippen LogP contribution in [0.4, 0.5) is 0 Å². The SMILES string of the molecule is COCC1(CNC(=O)c2cc(C)n(-c3ccccc3)c2C)CCNCC1. The lowest BCUT2D eigenvalue weighted by Crippen LogP contribution is -2.47. The zero-order chi connectivity index (χ0) is 18.6. The van der Waals surface area contributed by atoms with E-state index in [1.165, 1.54) is 0 Å². The highest BCUT2D eigenvalue weighted by atomic mass is 16.5. The number of hydrogen-bond acceptors (Lipinski definition) is 3. The number of nitrogens with zero attached hydrogens (tertiary/aromatic N) is 1. The van der Waals surface area contributed by atoms with Crippen LogP contribution in [0.2, 0.25) is 0 Å². The van der Waals surface area contributed by atoms with Crippen molar-refractivity contribution in [1.82, 2.24) is 15.2 Å². The van der Waals surface area contributed by atoms with Crippen molar-refractivity contribution in [3.8, 4) is 5.69 Å². The van der Waals surface area contributed by atoms with Crippen molar-refractivity contribution in [2.24, 2.45) is 5.41 Å². The smallest absolute Gasteiger partial charge is 0.253 e. The van der Waals surface area contributed by atoms with Gasteiger partial charge in [0.25, 0.3) is 5.91 Å². The predicted molar refractivity (Wildman–Crippen MR) is 104 cm³/mol. The molecule has 0 unspecified atom stereocenters. The maximum absolute atomic E-state index is 12.9. The number of aromatic nitrogens is 1. The molecule has 1 fully saturated rings. The highest BCUT2D eigenvalue weighted by Crippen LogP contribution is 2.28. The van der Waals surface area contributed by atoms with E-state index in [4.69, 9.17) is 4.74 Å².